The molecular weight excluding hydrogens is 215 g/mol. The van der Waals surface area contributed by atoms with Crippen molar-refractivity contribution in [1.82, 2.24) is 5.32 Å². The van der Waals surface area contributed by atoms with Gasteiger partial charge in [-0.25, -0.2) is 4.39 Å². The smallest absolute Gasteiger partial charge is 0.146 e. The van der Waals surface area contributed by atoms with Crippen LogP contribution in [0.5, 0.6) is 0 Å². The third-order valence-corrected chi connectivity index (χ3v) is 2.91. The summed E-state index contributed by atoms with van der Waals surface area (Å²) in [5, 5.41) is 6.93. The van der Waals surface area contributed by atoms with E-state index >= 15 is 0 Å². The molecule has 4 heteroatoms. The van der Waals surface area contributed by atoms with Crippen molar-refractivity contribution in [3.63, 3.8) is 0 Å². The van der Waals surface area contributed by atoms with Crippen LogP contribution in [0, 0.1) is 11.7 Å². The zero-order valence-corrected chi connectivity index (χ0v) is 9.15. The van der Waals surface area contributed by atoms with Gasteiger partial charge < -0.3 is 10.6 Å². The van der Waals surface area contributed by atoms with Crippen molar-refractivity contribution < 1.29 is 4.39 Å². The molecule has 1 heterocycles. The molecule has 0 bridgehead atoms. The number of halogens is 2. The number of rotatable bonds is 3. The molecule has 0 spiro atoms. The highest BCUT2D eigenvalue weighted by Crippen LogP contribution is 2.20. The van der Waals surface area contributed by atoms with Crippen LogP contribution in [-0.2, 0) is 0 Å². The van der Waals surface area contributed by atoms with E-state index in [9.17, 15) is 4.39 Å². The molecule has 82 valence electrons. The lowest BCUT2D eigenvalue weighted by Gasteiger charge is -2.12. The Bertz CT molecular complexity index is 337. The fraction of sp³-hybridized carbons (Fsp3) is 0.455. The molecular formula is C11H14ClFN2. The molecule has 0 aliphatic carbocycles. The summed E-state index contributed by atoms with van der Waals surface area (Å²) in [6.07, 6.45) is 1.15. The summed E-state index contributed by atoms with van der Waals surface area (Å²) in [5.41, 5.74) is 0.495. The molecule has 1 aromatic rings. The molecule has 1 saturated heterocycles. The minimum absolute atomic E-state index is 0.245. The van der Waals surface area contributed by atoms with Crippen molar-refractivity contribution in [2.45, 2.75) is 6.42 Å². The van der Waals surface area contributed by atoms with Crippen molar-refractivity contribution >= 4 is 17.3 Å². The van der Waals surface area contributed by atoms with Gasteiger partial charge in [0, 0.05) is 11.6 Å². The molecule has 0 radical (unpaired) electrons. The number of hydrogen-bond acceptors (Lipinski definition) is 2. The first-order chi connectivity index (χ1) is 7.25. The summed E-state index contributed by atoms with van der Waals surface area (Å²) in [5.74, 6) is 0.341. The third-order valence-electron chi connectivity index (χ3n) is 2.67. The quantitative estimate of drug-likeness (QED) is 0.831. The Morgan fingerprint density at radius 1 is 1.53 bits per heavy atom. The van der Waals surface area contributed by atoms with Crippen molar-refractivity contribution in [2.75, 3.05) is 25.0 Å². The van der Waals surface area contributed by atoms with E-state index in [4.69, 9.17) is 11.6 Å². The summed E-state index contributed by atoms with van der Waals surface area (Å²) < 4.78 is 13.3. The standard InChI is InChI=1S/C11H14ClFN2/c12-9-1-2-10(13)11(5-9)15-7-8-3-4-14-6-8/h1-2,5,8,14-15H,3-4,6-7H2. The Hall–Kier alpha value is -0.800. The monoisotopic (exact) mass is 228 g/mol. The highest BCUT2D eigenvalue weighted by Gasteiger charge is 2.14. The van der Waals surface area contributed by atoms with Crippen LogP contribution in [0.1, 0.15) is 6.42 Å². The lowest BCUT2D eigenvalue weighted by atomic mass is 10.1. The molecule has 0 amide bonds. The Morgan fingerprint density at radius 3 is 3.13 bits per heavy atom. The predicted molar refractivity (Wildman–Crippen MR) is 60.9 cm³/mol. The van der Waals surface area contributed by atoms with Gasteiger partial charge >= 0.3 is 0 Å². The van der Waals surface area contributed by atoms with Crippen molar-refractivity contribution in [3.05, 3.63) is 29.0 Å². The van der Waals surface area contributed by atoms with E-state index in [1.54, 1.807) is 12.1 Å². The first kappa shape index (κ1) is 10.7. The van der Waals surface area contributed by atoms with E-state index in [1.807, 2.05) is 0 Å². The van der Waals surface area contributed by atoms with E-state index in [0.29, 0.717) is 16.6 Å². The molecule has 1 unspecified atom stereocenters. The fourth-order valence-corrected chi connectivity index (χ4v) is 1.95. The van der Waals surface area contributed by atoms with E-state index in [-0.39, 0.29) is 5.82 Å². The lowest BCUT2D eigenvalue weighted by molar-refractivity contribution is 0.602. The SMILES string of the molecule is Fc1ccc(Cl)cc1NCC1CCNC1. The molecule has 15 heavy (non-hydrogen) atoms. The van der Waals surface area contributed by atoms with Gasteiger partial charge in [-0.2, -0.15) is 0 Å². The molecule has 2 N–H and O–H groups in total. The van der Waals surface area contributed by atoms with Gasteiger partial charge in [0.05, 0.1) is 5.69 Å². The molecule has 2 rings (SSSR count). The molecule has 1 aliphatic heterocycles. The third kappa shape index (κ3) is 2.83. The Balaban J connectivity index is 1.94. The molecule has 1 atom stereocenters. The second kappa shape index (κ2) is 4.81. The molecule has 2 nitrogen and oxygen atoms in total. The lowest BCUT2D eigenvalue weighted by Crippen LogP contribution is -2.17. The minimum Gasteiger partial charge on any atom is -0.382 e. The van der Waals surface area contributed by atoms with Crippen LogP contribution in [-0.4, -0.2) is 19.6 Å². The van der Waals surface area contributed by atoms with Gasteiger partial charge in [0.2, 0.25) is 0 Å². The topological polar surface area (TPSA) is 24.1 Å². The Morgan fingerprint density at radius 2 is 2.40 bits per heavy atom. The average Bonchev–Trinajstić information content (AvgIpc) is 2.72. The number of hydrogen-bond donors (Lipinski definition) is 2. The summed E-state index contributed by atoms with van der Waals surface area (Å²) in [7, 11) is 0. The van der Waals surface area contributed by atoms with E-state index in [1.165, 1.54) is 6.07 Å². The number of benzene rings is 1. The van der Waals surface area contributed by atoms with Gasteiger partial charge in [0.1, 0.15) is 5.82 Å². The Kier molecular flexibility index (Phi) is 3.44. The maximum Gasteiger partial charge on any atom is 0.146 e. The molecule has 0 aromatic heterocycles. The first-order valence-corrected chi connectivity index (χ1v) is 5.53. The maximum atomic E-state index is 13.3. The van der Waals surface area contributed by atoms with Crippen LogP contribution in [0.4, 0.5) is 10.1 Å². The van der Waals surface area contributed by atoms with Gasteiger partial charge in [0.15, 0.2) is 0 Å². The largest absolute Gasteiger partial charge is 0.382 e. The van der Waals surface area contributed by atoms with Crippen LogP contribution in [0.2, 0.25) is 5.02 Å². The van der Waals surface area contributed by atoms with Gasteiger partial charge in [-0.05, 0) is 43.6 Å². The van der Waals surface area contributed by atoms with Crippen LogP contribution >= 0.6 is 11.6 Å². The van der Waals surface area contributed by atoms with Crippen LogP contribution in [0.3, 0.4) is 0 Å². The van der Waals surface area contributed by atoms with Crippen molar-refractivity contribution in [2.24, 2.45) is 5.92 Å². The van der Waals surface area contributed by atoms with E-state index in [2.05, 4.69) is 10.6 Å². The summed E-state index contributed by atoms with van der Waals surface area (Å²) in [6, 6.07) is 4.57. The molecule has 1 fully saturated rings. The second-order valence-electron chi connectivity index (χ2n) is 3.86. The van der Waals surface area contributed by atoms with E-state index < -0.39 is 0 Å². The zero-order chi connectivity index (χ0) is 10.7. The zero-order valence-electron chi connectivity index (χ0n) is 8.39. The normalized spacial score (nSPS) is 20.5. The predicted octanol–water partition coefficient (Wildman–Crippen LogP) is 2.50. The van der Waals surface area contributed by atoms with Crippen molar-refractivity contribution in [3.8, 4) is 0 Å². The minimum atomic E-state index is -0.245. The van der Waals surface area contributed by atoms with Crippen LogP contribution < -0.4 is 10.6 Å². The summed E-state index contributed by atoms with van der Waals surface area (Å²) >= 11 is 5.79. The highest BCUT2D eigenvalue weighted by molar-refractivity contribution is 6.30. The Labute approximate surface area is 93.8 Å². The number of anilines is 1. The average molecular weight is 229 g/mol. The first-order valence-electron chi connectivity index (χ1n) is 5.15. The summed E-state index contributed by atoms with van der Waals surface area (Å²) in [4.78, 5) is 0. The van der Waals surface area contributed by atoms with Crippen molar-refractivity contribution in [1.29, 1.82) is 0 Å². The number of nitrogens with one attached hydrogen (secondary N) is 2. The highest BCUT2D eigenvalue weighted by atomic mass is 35.5. The fourth-order valence-electron chi connectivity index (χ4n) is 1.78. The van der Waals surface area contributed by atoms with Crippen LogP contribution in [0.25, 0.3) is 0 Å². The van der Waals surface area contributed by atoms with Gasteiger partial charge in [-0.1, -0.05) is 11.6 Å². The maximum absolute atomic E-state index is 13.3. The summed E-state index contributed by atoms with van der Waals surface area (Å²) in [6.45, 7) is 2.86. The molecule has 0 saturated carbocycles. The van der Waals surface area contributed by atoms with Gasteiger partial charge in [-0.3, -0.25) is 0 Å². The van der Waals surface area contributed by atoms with Crippen LogP contribution in [0.15, 0.2) is 18.2 Å². The second-order valence-corrected chi connectivity index (χ2v) is 4.30. The van der Waals surface area contributed by atoms with Gasteiger partial charge in [0.25, 0.3) is 0 Å². The molecule has 1 aliphatic rings. The van der Waals surface area contributed by atoms with E-state index in [0.717, 1.165) is 26.1 Å². The molecule has 1 aromatic carbocycles. The van der Waals surface area contributed by atoms with Gasteiger partial charge in [-0.15, -0.1) is 0 Å².